The quantitative estimate of drug-likeness (QED) is 0.450. The van der Waals surface area contributed by atoms with Crippen LogP contribution in [0.5, 0.6) is 0 Å². The molecule has 0 aliphatic rings. The number of nitrogens with one attached hydrogen (secondary N) is 1. The fourth-order valence-electron chi connectivity index (χ4n) is 4.24. The van der Waals surface area contributed by atoms with Crippen molar-refractivity contribution in [3.63, 3.8) is 0 Å². The minimum atomic E-state index is -0.485. The number of aromatic nitrogens is 3. The van der Waals surface area contributed by atoms with Gasteiger partial charge in [-0.1, -0.05) is 65.3 Å². The van der Waals surface area contributed by atoms with E-state index in [0.29, 0.717) is 0 Å². The molecule has 1 N–H and O–H groups in total. The van der Waals surface area contributed by atoms with Gasteiger partial charge in [0.1, 0.15) is 5.82 Å². The van der Waals surface area contributed by atoms with E-state index in [-0.39, 0.29) is 10.3 Å². The number of rotatable bonds is 4. The van der Waals surface area contributed by atoms with Crippen molar-refractivity contribution >= 4 is 13.9 Å². The summed E-state index contributed by atoms with van der Waals surface area (Å²) in [5.74, 6) is 1.73. The first-order valence-corrected chi connectivity index (χ1v) is 11.9. The Balaban J connectivity index is 1.93. The number of nitrogens with zero attached hydrogens (tertiary/aromatic N) is 3. The van der Waals surface area contributed by atoms with Gasteiger partial charge in [-0.15, -0.1) is 0 Å². The van der Waals surface area contributed by atoms with Crippen LogP contribution in [0.15, 0.2) is 42.6 Å². The maximum absolute atomic E-state index is 4.88. The van der Waals surface area contributed by atoms with Crippen LogP contribution in [0.1, 0.15) is 58.2 Å². The van der Waals surface area contributed by atoms with Gasteiger partial charge in [-0.2, -0.15) is 5.10 Å². The van der Waals surface area contributed by atoms with Crippen molar-refractivity contribution in [1.82, 2.24) is 14.8 Å². The second-order valence-electron chi connectivity index (χ2n) is 10.1. The molecular weight excluding hydrogens is 387 g/mol. The van der Waals surface area contributed by atoms with E-state index in [4.69, 9.17) is 10.1 Å². The lowest BCUT2D eigenvalue weighted by Gasteiger charge is -2.41. The van der Waals surface area contributed by atoms with Crippen LogP contribution in [-0.4, -0.2) is 25.1 Å². The van der Waals surface area contributed by atoms with Gasteiger partial charge in [0.05, 0.1) is 5.69 Å². The van der Waals surface area contributed by atoms with Crippen molar-refractivity contribution in [2.75, 3.05) is 5.09 Å². The van der Waals surface area contributed by atoms with E-state index in [1.54, 1.807) is 0 Å². The molecule has 160 valence electrons. The van der Waals surface area contributed by atoms with E-state index in [1.807, 2.05) is 23.0 Å². The van der Waals surface area contributed by atoms with Gasteiger partial charge in [-0.05, 0) is 50.1 Å². The van der Waals surface area contributed by atoms with Gasteiger partial charge in [0, 0.05) is 30.1 Å². The summed E-state index contributed by atoms with van der Waals surface area (Å²) in [4.78, 5) is 4.88. The van der Waals surface area contributed by atoms with Gasteiger partial charge in [-0.25, -0.2) is 9.67 Å². The van der Waals surface area contributed by atoms with Crippen molar-refractivity contribution in [2.24, 2.45) is 0 Å². The molecule has 1 aromatic carbocycles. The molecule has 0 aliphatic carbocycles. The monoisotopic (exact) mass is 422 g/mol. The Morgan fingerprint density at radius 1 is 0.867 bits per heavy atom. The third kappa shape index (κ3) is 4.92. The van der Waals surface area contributed by atoms with Crippen LogP contribution in [0.2, 0.25) is 0 Å². The molecule has 4 nitrogen and oxygen atoms in total. The van der Waals surface area contributed by atoms with Crippen LogP contribution < -0.4 is 5.09 Å². The average Bonchev–Trinajstić information content (AvgIpc) is 3.07. The van der Waals surface area contributed by atoms with E-state index in [2.05, 4.69) is 91.7 Å². The molecule has 0 aliphatic heterocycles. The van der Waals surface area contributed by atoms with E-state index >= 15 is 0 Å². The summed E-state index contributed by atoms with van der Waals surface area (Å²) in [6.07, 6.45) is 2.00. The SMILES string of the molecule is Cc1cc(C)c(-c2ccn(-c3cccc(NP(C(C)(C)C)C(C)(C)C)n3)n2)c(C)c1. The predicted octanol–water partition coefficient (Wildman–Crippen LogP) is 7.27. The summed E-state index contributed by atoms with van der Waals surface area (Å²) >= 11 is 0. The molecule has 0 saturated carbocycles. The number of aryl methyl sites for hydroxylation is 3. The largest absolute Gasteiger partial charge is 0.348 e. The molecular formula is C25H35N4P. The summed E-state index contributed by atoms with van der Waals surface area (Å²) in [6, 6.07) is 12.6. The zero-order chi connectivity index (χ0) is 22.3. The Labute approximate surface area is 182 Å². The number of pyridine rings is 1. The summed E-state index contributed by atoms with van der Waals surface area (Å²) in [6.45, 7) is 20.2. The van der Waals surface area contributed by atoms with E-state index < -0.39 is 8.07 Å². The topological polar surface area (TPSA) is 42.7 Å². The normalized spacial score (nSPS) is 12.5. The van der Waals surface area contributed by atoms with Crippen molar-refractivity contribution in [2.45, 2.75) is 72.6 Å². The highest BCUT2D eigenvalue weighted by Gasteiger charge is 2.35. The van der Waals surface area contributed by atoms with E-state index in [0.717, 1.165) is 17.3 Å². The highest BCUT2D eigenvalue weighted by atomic mass is 31.1. The number of anilines is 1. The Hall–Kier alpha value is -2.19. The second-order valence-corrected chi connectivity index (χ2v) is 13.7. The van der Waals surface area contributed by atoms with E-state index in [1.165, 1.54) is 22.3 Å². The molecule has 0 bridgehead atoms. The summed E-state index contributed by atoms with van der Waals surface area (Å²) in [5.41, 5.74) is 5.97. The van der Waals surface area contributed by atoms with Gasteiger partial charge in [-0.3, -0.25) is 0 Å². The molecule has 0 saturated heterocycles. The predicted molar refractivity (Wildman–Crippen MR) is 131 cm³/mol. The fourth-order valence-corrected chi connectivity index (χ4v) is 7.28. The van der Waals surface area contributed by atoms with Crippen molar-refractivity contribution in [3.8, 4) is 17.1 Å². The van der Waals surface area contributed by atoms with Gasteiger partial charge < -0.3 is 5.09 Å². The van der Waals surface area contributed by atoms with Gasteiger partial charge in [0.2, 0.25) is 0 Å². The molecule has 3 aromatic rings. The lowest BCUT2D eigenvalue weighted by Crippen LogP contribution is -2.29. The zero-order valence-corrected chi connectivity index (χ0v) is 20.7. The fraction of sp³-hybridized carbons (Fsp3) is 0.440. The zero-order valence-electron chi connectivity index (χ0n) is 19.8. The Bertz CT molecular complexity index is 1000. The van der Waals surface area contributed by atoms with Gasteiger partial charge >= 0.3 is 0 Å². The number of hydrogen-bond acceptors (Lipinski definition) is 3. The molecule has 0 atom stereocenters. The lowest BCUT2D eigenvalue weighted by molar-refractivity contribution is 0.709. The smallest absolute Gasteiger partial charge is 0.155 e. The first kappa shape index (κ1) is 22.5. The minimum absolute atomic E-state index is 0.171. The number of hydrogen-bond donors (Lipinski definition) is 1. The molecule has 0 amide bonds. The van der Waals surface area contributed by atoms with Crippen LogP contribution in [-0.2, 0) is 0 Å². The molecule has 0 spiro atoms. The molecule has 30 heavy (non-hydrogen) atoms. The molecule has 2 heterocycles. The van der Waals surface area contributed by atoms with Crippen molar-refractivity contribution in [3.05, 3.63) is 59.3 Å². The van der Waals surface area contributed by atoms with Gasteiger partial charge in [0.15, 0.2) is 5.82 Å². The first-order valence-electron chi connectivity index (χ1n) is 10.5. The van der Waals surface area contributed by atoms with Crippen LogP contribution in [0, 0.1) is 20.8 Å². The summed E-state index contributed by atoms with van der Waals surface area (Å²) < 4.78 is 1.87. The maximum atomic E-state index is 4.88. The Morgan fingerprint density at radius 2 is 1.47 bits per heavy atom. The Morgan fingerprint density at radius 3 is 2.03 bits per heavy atom. The Kier molecular flexibility index (Phi) is 6.11. The highest BCUT2D eigenvalue weighted by molar-refractivity contribution is 7.62. The van der Waals surface area contributed by atoms with Crippen molar-refractivity contribution < 1.29 is 0 Å². The summed E-state index contributed by atoms with van der Waals surface area (Å²) in [5, 5.41) is 8.94. The van der Waals surface area contributed by atoms with Crippen LogP contribution in [0.25, 0.3) is 17.1 Å². The standard InChI is InChI=1S/C25H35N4P/c1-17-15-18(2)23(19(3)16-17)20-13-14-29(27-20)22-12-10-11-21(26-22)28-30(24(4,5)6)25(7,8)9/h10-16H,1-9H3,(H,26,28). The third-order valence-corrected chi connectivity index (χ3v) is 8.20. The van der Waals surface area contributed by atoms with Crippen LogP contribution >= 0.6 is 8.07 Å². The van der Waals surface area contributed by atoms with Gasteiger partial charge in [0.25, 0.3) is 0 Å². The van der Waals surface area contributed by atoms with Crippen LogP contribution in [0.4, 0.5) is 5.82 Å². The molecule has 0 unspecified atom stereocenters. The average molecular weight is 423 g/mol. The molecule has 3 rings (SSSR count). The summed E-state index contributed by atoms with van der Waals surface area (Å²) in [7, 11) is -0.485. The van der Waals surface area contributed by atoms with E-state index in [9.17, 15) is 0 Å². The highest BCUT2D eigenvalue weighted by Crippen LogP contribution is 2.58. The minimum Gasteiger partial charge on any atom is -0.348 e. The number of benzene rings is 1. The lowest BCUT2D eigenvalue weighted by atomic mass is 9.98. The maximum Gasteiger partial charge on any atom is 0.155 e. The molecule has 2 aromatic heterocycles. The molecule has 0 radical (unpaired) electrons. The first-order chi connectivity index (χ1) is 13.9. The third-order valence-electron chi connectivity index (χ3n) is 5.06. The molecule has 0 fully saturated rings. The van der Waals surface area contributed by atoms with Crippen molar-refractivity contribution in [1.29, 1.82) is 0 Å². The van der Waals surface area contributed by atoms with Crippen LogP contribution in [0.3, 0.4) is 0 Å². The second kappa shape index (κ2) is 8.15. The molecule has 5 heteroatoms.